The molecule has 1 aromatic rings. The molecule has 4 nitrogen and oxygen atoms in total. The van der Waals surface area contributed by atoms with Gasteiger partial charge in [0, 0.05) is 25.6 Å². The maximum Gasteiger partial charge on any atom is 0.221 e. The topological polar surface area (TPSA) is 64.9 Å². The van der Waals surface area contributed by atoms with E-state index in [1.165, 1.54) is 6.92 Å². The highest BCUT2D eigenvalue weighted by molar-refractivity contribution is 6.34. The second-order valence-corrected chi connectivity index (χ2v) is 5.96. The number of benzene rings is 1. The summed E-state index contributed by atoms with van der Waals surface area (Å²) in [7, 11) is 0. The molecule has 1 amide bonds. The van der Waals surface area contributed by atoms with Crippen LogP contribution in [0.15, 0.2) is 18.2 Å². The highest BCUT2D eigenvalue weighted by Gasteiger charge is 2.17. The average Bonchev–Trinajstić information content (AvgIpc) is 2.37. The van der Waals surface area contributed by atoms with Gasteiger partial charge in [0.1, 0.15) is 0 Å². The Morgan fingerprint density at radius 3 is 2.70 bits per heavy atom. The Morgan fingerprint density at radius 1 is 1.45 bits per heavy atom. The van der Waals surface area contributed by atoms with E-state index >= 15 is 0 Å². The van der Waals surface area contributed by atoms with Crippen molar-refractivity contribution in [3.63, 3.8) is 0 Å². The summed E-state index contributed by atoms with van der Waals surface area (Å²) in [5, 5.41) is 15.1. The molecule has 1 rings (SSSR count). The van der Waals surface area contributed by atoms with Crippen LogP contribution in [0.5, 0.6) is 0 Å². The zero-order valence-electron chi connectivity index (χ0n) is 12.1. The maximum absolute atomic E-state index is 11.0. The molecule has 0 aromatic heterocycles. The van der Waals surface area contributed by atoms with E-state index in [1.54, 1.807) is 12.1 Å². The molecule has 1 aromatic carbocycles. The number of carbonyl (C=O) groups is 1. The van der Waals surface area contributed by atoms with Crippen LogP contribution in [0, 0.1) is 16.7 Å². The van der Waals surface area contributed by atoms with Gasteiger partial charge >= 0.3 is 0 Å². The monoisotopic (exact) mass is 293 g/mol. The lowest BCUT2D eigenvalue weighted by Crippen LogP contribution is -2.22. The van der Waals surface area contributed by atoms with Crippen LogP contribution < -0.4 is 10.6 Å². The lowest BCUT2D eigenvalue weighted by molar-refractivity contribution is -0.114. The smallest absolute Gasteiger partial charge is 0.221 e. The number of carbonyl (C=O) groups excluding carboxylic acids is 1. The molecule has 0 saturated carbocycles. The lowest BCUT2D eigenvalue weighted by Gasteiger charge is -2.24. The van der Waals surface area contributed by atoms with Gasteiger partial charge in [-0.15, -0.1) is 0 Å². The van der Waals surface area contributed by atoms with Crippen LogP contribution in [0.1, 0.15) is 33.6 Å². The third kappa shape index (κ3) is 5.50. The quantitative estimate of drug-likeness (QED) is 0.832. The number of anilines is 2. The molecule has 0 aliphatic rings. The van der Waals surface area contributed by atoms with Crippen molar-refractivity contribution in [1.29, 1.82) is 5.26 Å². The number of nitrogens with one attached hydrogen (secondary N) is 2. The van der Waals surface area contributed by atoms with E-state index in [9.17, 15) is 4.79 Å². The first-order chi connectivity index (χ1) is 9.34. The Morgan fingerprint density at radius 2 is 2.15 bits per heavy atom. The van der Waals surface area contributed by atoms with Gasteiger partial charge < -0.3 is 10.6 Å². The standard InChI is InChI=1S/C15H20ClN3O/c1-11(20)19-14-6-5-12(9-13(14)16)18-10-15(2,3)7-4-8-17/h5-6,9,18H,4,7,10H2,1-3H3,(H,19,20). The molecule has 0 saturated heterocycles. The van der Waals surface area contributed by atoms with Crippen molar-refractivity contribution >= 4 is 28.9 Å². The molecule has 0 fully saturated rings. The minimum absolute atomic E-state index is 0.0402. The highest BCUT2D eigenvalue weighted by atomic mass is 35.5. The van der Waals surface area contributed by atoms with Crippen LogP contribution in [0.3, 0.4) is 0 Å². The van der Waals surface area contributed by atoms with Crippen LogP contribution in [0.25, 0.3) is 0 Å². The van der Waals surface area contributed by atoms with Crippen LogP contribution in [-0.4, -0.2) is 12.5 Å². The number of halogens is 1. The molecule has 20 heavy (non-hydrogen) atoms. The number of hydrogen-bond acceptors (Lipinski definition) is 3. The van der Waals surface area contributed by atoms with E-state index in [2.05, 4.69) is 30.6 Å². The zero-order valence-corrected chi connectivity index (χ0v) is 12.8. The molecule has 108 valence electrons. The van der Waals surface area contributed by atoms with Crippen LogP contribution in [-0.2, 0) is 4.79 Å². The molecule has 0 unspecified atom stereocenters. The molecular weight excluding hydrogens is 274 g/mol. The molecule has 0 bridgehead atoms. The molecule has 0 aliphatic heterocycles. The molecule has 5 heteroatoms. The first kappa shape index (κ1) is 16.3. The average molecular weight is 294 g/mol. The van der Waals surface area contributed by atoms with Crippen molar-refractivity contribution in [2.24, 2.45) is 5.41 Å². The van der Waals surface area contributed by atoms with E-state index in [0.29, 0.717) is 17.1 Å². The van der Waals surface area contributed by atoms with E-state index in [1.807, 2.05) is 6.07 Å². The molecular formula is C15H20ClN3O. The van der Waals surface area contributed by atoms with Gasteiger partial charge in [0.15, 0.2) is 0 Å². The summed E-state index contributed by atoms with van der Waals surface area (Å²) in [6.45, 7) is 6.43. The Balaban J connectivity index is 2.63. The molecule has 0 aliphatic carbocycles. The Bertz CT molecular complexity index is 520. The normalized spacial score (nSPS) is 10.8. The largest absolute Gasteiger partial charge is 0.384 e. The van der Waals surface area contributed by atoms with E-state index in [0.717, 1.165) is 18.7 Å². The number of amides is 1. The van der Waals surface area contributed by atoms with Gasteiger partial charge in [0.05, 0.1) is 16.8 Å². The predicted octanol–water partition coefficient (Wildman–Crippen LogP) is 4.04. The van der Waals surface area contributed by atoms with Crippen molar-refractivity contribution in [2.45, 2.75) is 33.6 Å². The van der Waals surface area contributed by atoms with Crippen molar-refractivity contribution in [3.05, 3.63) is 23.2 Å². The maximum atomic E-state index is 11.0. The molecule has 0 atom stereocenters. The lowest BCUT2D eigenvalue weighted by atomic mass is 9.88. The summed E-state index contributed by atoms with van der Waals surface area (Å²) in [4.78, 5) is 11.0. The second kappa shape index (κ2) is 7.16. The molecule has 0 radical (unpaired) electrons. The first-order valence-electron chi connectivity index (χ1n) is 6.52. The minimum atomic E-state index is -0.148. The highest BCUT2D eigenvalue weighted by Crippen LogP contribution is 2.27. The Kier molecular flexibility index (Phi) is 5.84. The fourth-order valence-corrected chi connectivity index (χ4v) is 1.97. The van der Waals surface area contributed by atoms with Crippen LogP contribution in [0.4, 0.5) is 11.4 Å². The summed E-state index contributed by atoms with van der Waals surface area (Å²) in [5.41, 5.74) is 1.54. The van der Waals surface area contributed by atoms with Gasteiger partial charge in [-0.05, 0) is 30.0 Å². The van der Waals surface area contributed by atoms with E-state index in [4.69, 9.17) is 16.9 Å². The van der Waals surface area contributed by atoms with Gasteiger partial charge in [-0.2, -0.15) is 5.26 Å². The number of rotatable bonds is 6. The number of nitriles is 1. The van der Waals surface area contributed by atoms with Crippen LogP contribution in [0.2, 0.25) is 5.02 Å². The SMILES string of the molecule is CC(=O)Nc1ccc(NCC(C)(C)CCC#N)cc1Cl. The third-order valence-electron chi connectivity index (χ3n) is 2.96. The van der Waals surface area contributed by atoms with Gasteiger partial charge in [-0.3, -0.25) is 4.79 Å². The number of nitrogens with zero attached hydrogens (tertiary/aromatic N) is 1. The third-order valence-corrected chi connectivity index (χ3v) is 3.28. The summed E-state index contributed by atoms with van der Waals surface area (Å²) >= 11 is 6.11. The summed E-state index contributed by atoms with van der Waals surface area (Å²) in [6.07, 6.45) is 1.39. The van der Waals surface area contributed by atoms with Crippen molar-refractivity contribution < 1.29 is 4.79 Å². The second-order valence-electron chi connectivity index (χ2n) is 5.55. The predicted molar refractivity (Wildman–Crippen MR) is 82.9 cm³/mol. The zero-order chi connectivity index (χ0) is 15.2. The van der Waals surface area contributed by atoms with Gasteiger partial charge in [-0.1, -0.05) is 25.4 Å². The van der Waals surface area contributed by atoms with E-state index < -0.39 is 0 Å². The van der Waals surface area contributed by atoms with Crippen molar-refractivity contribution in [3.8, 4) is 6.07 Å². The summed E-state index contributed by atoms with van der Waals surface area (Å²) in [5.74, 6) is -0.148. The first-order valence-corrected chi connectivity index (χ1v) is 6.90. The fraction of sp³-hybridized carbons (Fsp3) is 0.467. The number of hydrogen-bond donors (Lipinski definition) is 2. The Hall–Kier alpha value is -1.73. The summed E-state index contributed by atoms with van der Waals surface area (Å²) < 4.78 is 0. The minimum Gasteiger partial charge on any atom is -0.384 e. The van der Waals surface area contributed by atoms with Crippen molar-refractivity contribution in [2.75, 3.05) is 17.2 Å². The van der Waals surface area contributed by atoms with Gasteiger partial charge in [0.25, 0.3) is 0 Å². The molecule has 2 N–H and O–H groups in total. The van der Waals surface area contributed by atoms with Crippen LogP contribution >= 0.6 is 11.6 Å². The van der Waals surface area contributed by atoms with E-state index in [-0.39, 0.29) is 11.3 Å². The summed E-state index contributed by atoms with van der Waals surface area (Å²) in [6, 6.07) is 7.60. The Labute approximate surface area is 125 Å². The van der Waals surface area contributed by atoms with Crippen molar-refractivity contribution in [1.82, 2.24) is 0 Å². The molecule has 0 spiro atoms. The fourth-order valence-electron chi connectivity index (χ4n) is 1.74. The van der Waals surface area contributed by atoms with Gasteiger partial charge in [0.2, 0.25) is 5.91 Å². The van der Waals surface area contributed by atoms with Gasteiger partial charge in [-0.25, -0.2) is 0 Å². The molecule has 0 heterocycles.